The Morgan fingerprint density at radius 1 is 1.30 bits per heavy atom. The number of anilines is 1. The Balaban J connectivity index is 2.61. The molecule has 20 heavy (non-hydrogen) atoms. The number of benzene rings is 1. The Hall–Kier alpha value is -1.69. The molecule has 1 unspecified atom stereocenters. The topological polar surface area (TPSA) is 63.7 Å². The van der Waals surface area contributed by atoms with Crippen LogP contribution in [0.1, 0.15) is 24.2 Å². The third-order valence-corrected chi connectivity index (χ3v) is 4.19. The SMILES string of the molecule is CCOC(=O)C1(Br)C(=O)c2ccccc2N(CC)C1=O. The van der Waals surface area contributed by atoms with E-state index in [9.17, 15) is 14.4 Å². The molecule has 1 amide bonds. The lowest BCUT2D eigenvalue weighted by molar-refractivity contribution is -0.147. The fourth-order valence-corrected chi connectivity index (χ4v) is 2.75. The molecule has 0 N–H and O–H groups in total. The van der Waals surface area contributed by atoms with Gasteiger partial charge in [0.25, 0.3) is 10.2 Å². The van der Waals surface area contributed by atoms with Crippen molar-refractivity contribution in [2.24, 2.45) is 0 Å². The highest BCUT2D eigenvalue weighted by Crippen LogP contribution is 2.38. The molecule has 1 aliphatic rings. The van der Waals surface area contributed by atoms with Crippen LogP contribution in [-0.4, -0.2) is 35.1 Å². The van der Waals surface area contributed by atoms with Crippen molar-refractivity contribution < 1.29 is 19.1 Å². The van der Waals surface area contributed by atoms with Gasteiger partial charge in [-0.1, -0.05) is 28.1 Å². The highest BCUT2D eigenvalue weighted by Gasteiger charge is 2.57. The van der Waals surface area contributed by atoms with E-state index in [4.69, 9.17) is 4.74 Å². The van der Waals surface area contributed by atoms with Gasteiger partial charge in [-0.2, -0.15) is 0 Å². The Morgan fingerprint density at radius 2 is 1.95 bits per heavy atom. The monoisotopic (exact) mass is 339 g/mol. The number of para-hydroxylation sites is 1. The Labute approximate surface area is 125 Å². The number of ketones is 1. The number of hydrogen-bond acceptors (Lipinski definition) is 4. The van der Waals surface area contributed by atoms with Gasteiger partial charge in [0, 0.05) is 12.1 Å². The van der Waals surface area contributed by atoms with Crippen LogP contribution in [0.25, 0.3) is 0 Å². The molecular weight excluding hydrogens is 326 g/mol. The summed E-state index contributed by atoms with van der Waals surface area (Å²) in [6, 6.07) is 6.72. The van der Waals surface area contributed by atoms with Crippen LogP contribution in [0, 0.1) is 0 Å². The number of halogens is 1. The van der Waals surface area contributed by atoms with Gasteiger partial charge >= 0.3 is 5.97 Å². The van der Waals surface area contributed by atoms with Crippen LogP contribution >= 0.6 is 15.9 Å². The first-order chi connectivity index (χ1) is 9.48. The van der Waals surface area contributed by atoms with Crippen LogP contribution in [0.4, 0.5) is 5.69 Å². The van der Waals surface area contributed by atoms with Gasteiger partial charge in [0.1, 0.15) is 0 Å². The highest BCUT2D eigenvalue weighted by molar-refractivity contribution is 9.11. The van der Waals surface area contributed by atoms with Crippen molar-refractivity contribution in [2.75, 3.05) is 18.1 Å². The van der Waals surface area contributed by atoms with E-state index in [1.165, 1.54) is 4.90 Å². The van der Waals surface area contributed by atoms with Gasteiger partial charge in [-0.3, -0.25) is 9.59 Å². The lowest BCUT2D eigenvalue weighted by Gasteiger charge is -2.35. The summed E-state index contributed by atoms with van der Waals surface area (Å²) in [4.78, 5) is 38.5. The molecule has 1 heterocycles. The summed E-state index contributed by atoms with van der Waals surface area (Å²) in [5, 5.41) is 0. The van der Waals surface area contributed by atoms with Crippen molar-refractivity contribution in [2.45, 2.75) is 18.2 Å². The van der Waals surface area contributed by atoms with Crippen molar-refractivity contribution in [3.05, 3.63) is 29.8 Å². The number of ether oxygens (including phenoxy) is 1. The average molecular weight is 340 g/mol. The molecule has 0 fully saturated rings. The fraction of sp³-hybridized carbons (Fsp3) is 0.357. The van der Waals surface area contributed by atoms with Crippen molar-refractivity contribution in [1.29, 1.82) is 0 Å². The number of nitrogens with zero attached hydrogens (tertiary/aromatic N) is 1. The molecule has 0 aliphatic carbocycles. The van der Waals surface area contributed by atoms with E-state index in [0.717, 1.165) is 0 Å². The van der Waals surface area contributed by atoms with Gasteiger partial charge in [0.2, 0.25) is 5.78 Å². The molecule has 106 valence electrons. The third kappa shape index (κ3) is 1.95. The zero-order chi connectivity index (χ0) is 14.9. The van der Waals surface area contributed by atoms with E-state index >= 15 is 0 Å². The highest BCUT2D eigenvalue weighted by atomic mass is 79.9. The molecule has 2 rings (SSSR count). The van der Waals surface area contributed by atoms with Gasteiger partial charge in [0.15, 0.2) is 0 Å². The van der Waals surface area contributed by atoms with Crippen LogP contribution in [0.3, 0.4) is 0 Å². The molecule has 1 atom stereocenters. The third-order valence-electron chi connectivity index (χ3n) is 3.17. The normalized spacial score (nSPS) is 21.6. The molecule has 1 aromatic carbocycles. The summed E-state index contributed by atoms with van der Waals surface area (Å²) >= 11 is 3.03. The predicted octanol–water partition coefficient (Wildman–Crippen LogP) is 1.93. The summed E-state index contributed by atoms with van der Waals surface area (Å²) in [6.45, 7) is 3.86. The van der Waals surface area contributed by atoms with Crippen LogP contribution in [0.5, 0.6) is 0 Å². The van der Waals surface area contributed by atoms with Crippen molar-refractivity contribution in [3.8, 4) is 0 Å². The zero-order valence-corrected chi connectivity index (χ0v) is 12.8. The van der Waals surface area contributed by atoms with Crippen LogP contribution in [0.15, 0.2) is 24.3 Å². The van der Waals surface area contributed by atoms with E-state index in [-0.39, 0.29) is 6.61 Å². The summed E-state index contributed by atoms with van der Waals surface area (Å²) in [5.41, 5.74) is 0.850. The number of carbonyl (C=O) groups excluding carboxylic acids is 3. The zero-order valence-electron chi connectivity index (χ0n) is 11.2. The second kappa shape index (κ2) is 5.36. The molecular formula is C14H14BrNO4. The number of amides is 1. The quantitative estimate of drug-likeness (QED) is 0.479. The lowest BCUT2D eigenvalue weighted by Crippen LogP contribution is -2.59. The minimum absolute atomic E-state index is 0.0977. The smallest absolute Gasteiger partial charge is 0.340 e. The molecule has 0 aromatic heterocycles. The van der Waals surface area contributed by atoms with Crippen molar-refractivity contribution in [3.63, 3.8) is 0 Å². The summed E-state index contributed by atoms with van der Waals surface area (Å²) in [6.07, 6.45) is 0. The van der Waals surface area contributed by atoms with Gasteiger partial charge in [0.05, 0.1) is 12.3 Å². The van der Waals surface area contributed by atoms with Crippen LogP contribution < -0.4 is 4.90 Å². The first kappa shape index (κ1) is 14.7. The molecule has 0 saturated heterocycles. The summed E-state index contributed by atoms with van der Waals surface area (Å²) < 4.78 is 2.90. The number of carbonyl (C=O) groups is 3. The second-order valence-corrected chi connectivity index (χ2v) is 5.46. The Morgan fingerprint density at radius 3 is 2.55 bits per heavy atom. The Bertz CT molecular complexity index is 586. The van der Waals surface area contributed by atoms with Gasteiger partial charge in [-0.15, -0.1) is 0 Å². The number of Topliss-reactive ketones (excluding diaryl/α,β-unsaturated/α-hetero) is 1. The number of alkyl halides is 1. The number of fused-ring (bicyclic) bond motifs is 1. The number of rotatable bonds is 3. The van der Waals surface area contributed by atoms with E-state index in [1.54, 1.807) is 38.1 Å². The standard InChI is InChI=1S/C14H14BrNO4/c1-3-16-10-8-6-5-7-9(10)11(17)14(15,12(16)18)13(19)20-4-2/h5-8H,3-4H2,1-2H3. The van der Waals surface area contributed by atoms with Gasteiger partial charge < -0.3 is 9.64 Å². The van der Waals surface area contributed by atoms with E-state index in [1.807, 2.05) is 0 Å². The first-order valence-corrected chi connectivity index (χ1v) is 7.09. The number of hydrogen-bond donors (Lipinski definition) is 0. The molecule has 6 heteroatoms. The van der Waals surface area contributed by atoms with E-state index in [2.05, 4.69) is 15.9 Å². The van der Waals surface area contributed by atoms with Crippen molar-refractivity contribution in [1.82, 2.24) is 0 Å². The maximum atomic E-state index is 12.5. The van der Waals surface area contributed by atoms with Crippen LogP contribution in [-0.2, 0) is 14.3 Å². The summed E-state index contributed by atoms with van der Waals surface area (Å²) in [7, 11) is 0. The molecule has 1 aromatic rings. The van der Waals surface area contributed by atoms with Gasteiger partial charge in [-0.25, -0.2) is 4.79 Å². The molecule has 0 bridgehead atoms. The largest absolute Gasteiger partial charge is 0.464 e. The summed E-state index contributed by atoms with van der Waals surface area (Å²) in [5.74, 6) is -2.06. The first-order valence-electron chi connectivity index (χ1n) is 6.30. The minimum atomic E-state index is -1.98. The molecule has 1 aliphatic heterocycles. The molecule has 0 radical (unpaired) electrons. The maximum absolute atomic E-state index is 12.5. The van der Waals surface area contributed by atoms with Crippen molar-refractivity contribution >= 4 is 39.3 Å². The average Bonchev–Trinajstić information content (AvgIpc) is 2.46. The van der Waals surface area contributed by atoms with E-state index in [0.29, 0.717) is 17.8 Å². The molecule has 0 spiro atoms. The lowest BCUT2D eigenvalue weighted by atomic mass is 9.90. The molecule has 5 nitrogen and oxygen atoms in total. The maximum Gasteiger partial charge on any atom is 0.340 e. The minimum Gasteiger partial charge on any atom is -0.464 e. The number of esters is 1. The van der Waals surface area contributed by atoms with Gasteiger partial charge in [-0.05, 0) is 26.0 Å². The predicted molar refractivity (Wildman–Crippen MR) is 77.1 cm³/mol. The second-order valence-electron chi connectivity index (χ2n) is 4.27. The van der Waals surface area contributed by atoms with E-state index < -0.39 is 22.0 Å². The fourth-order valence-electron chi connectivity index (χ4n) is 2.20. The Kier molecular flexibility index (Phi) is 3.94. The molecule has 0 saturated carbocycles. The van der Waals surface area contributed by atoms with Crippen LogP contribution in [0.2, 0.25) is 0 Å².